The largest absolute Gasteiger partial charge is 0.310 e. The Morgan fingerprint density at radius 1 is 0.348 bits per heavy atom. The lowest BCUT2D eigenvalue weighted by Gasteiger charge is -2.27. The smallest absolute Gasteiger partial charge is 0.0468 e. The number of benzene rings is 8. The molecule has 0 radical (unpaired) electrons. The van der Waals surface area contributed by atoms with Crippen molar-refractivity contribution in [3.8, 4) is 22.3 Å². The summed E-state index contributed by atoms with van der Waals surface area (Å²) in [4.78, 5) is 2.39. The van der Waals surface area contributed by atoms with Gasteiger partial charge in [0.2, 0.25) is 0 Å². The quantitative estimate of drug-likeness (QED) is 0.189. The Bertz CT molecular complexity index is 2520. The number of hydrogen-bond donors (Lipinski definition) is 0. The fraction of sp³-hybridized carbons (Fsp3) is 0. The van der Waals surface area contributed by atoms with Crippen molar-refractivity contribution in [3.05, 3.63) is 176 Å². The summed E-state index contributed by atoms with van der Waals surface area (Å²) in [6.07, 6.45) is 0. The lowest BCUT2D eigenvalue weighted by atomic mass is 9.97. The second kappa shape index (κ2) is 11.0. The van der Waals surface area contributed by atoms with Crippen LogP contribution in [0.1, 0.15) is 0 Å². The van der Waals surface area contributed by atoms with Crippen LogP contribution in [0, 0.1) is 0 Å². The van der Waals surface area contributed by atoms with Crippen LogP contribution in [-0.2, 0) is 0 Å². The topological polar surface area (TPSA) is 3.24 Å². The Kier molecular flexibility index (Phi) is 6.40. The summed E-state index contributed by atoms with van der Waals surface area (Å²) in [6, 6.07) is 63.9. The van der Waals surface area contributed by atoms with Crippen LogP contribution in [0.15, 0.2) is 176 Å². The van der Waals surface area contributed by atoms with Crippen molar-refractivity contribution in [1.29, 1.82) is 0 Å². The minimum absolute atomic E-state index is 1.12. The molecule has 2 heteroatoms. The zero-order valence-corrected chi connectivity index (χ0v) is 25.9. The highest BCUT2D eigenvalue weighted by molar-refractivity contribution is 7.26. The van der Waals surface area contributed by atoms with E-state index in [-0.39, 0.29) is 0 Å². The molecular formula is C44H29NS. The van der Waals surface area contributed by atoms with Gasteiger partial charge in [0.15, 0.2) is 0 Å². The van der Waals surface area contributed by atoms with Gasteiger partial charge >= 0.3 is 0 Å². The number of rotatable bonds is 5. The van der Waals surface area contributed by atoms with Crippen LogP contribution < -0.4 is 4.90 Å². The summed E-state index contributed by atoms with van der Waals surface area (Å²) >= 11 is 1.87. The molecule has 0 spiro atoms. The number of thiophene rings is 1. The molecule has 0 saturated carbocycles. The molecule has 9 rings (SSSR count). The van der Waals surface area contributed by atoms with Crippen molar-refractivity contribution < 1.29 is 0 Å². The maximum absolute atomic E-state index is 2.39. The van der Waals surface area contributed by atoms with Gasteiger partial charge < -0.3 is 4.90 Å². The SMILES string of the molecule is c1ccc(-c2ccc(N(c3cccc(-c4cccc5ccccc45)c3)c3ccc4c(ccc5sc6ccccc6c54)c3)cc2)cc1. The third-order valence-corrected chi connectivity index (χ3v) is 10.2. The van der Waals surface area contributed by atoms with E-state index in [1.807, 2.05) is 11.3 Å². The first-order chi connectivity index (χ1) is 22.8. The van der Waals surface area contributed by atoms with E-state index >= 15 is 0 Å². The lowest BCUT2D eigenvalue weighted by molar-refractivity contribution is 1.29. The zero-order valence-electron chi connectivity index (χ0n) is 25.1. The first kappa shape index (κ1) is 26.7. The van der Waals surface area contributed by atoms with Crippen molar-refractivity contribution in [2.75, 3.05) is 4.90 Å². The fourth-order valence-corrected chi connectivity index (χ4v) is 7.97. The predicted octanol–water partition coefficient (Wildman–Crippen LogP) is 13.2. The second-order valence-electron chi connectivity index (χ2n) is 11.8. The summed E-state index contributed by atoms with van der Waals surface area (Å²) in [5.74, 6) is 0. The molecule has 0 aliphatic heterocycles. The monoisotopic (exact) mass is 603 g/mol. The Hall–Kier alpha value is -5.70. The van der Waals surface area contributed by atoms with Crippen LogP contribution in [0.5, 0.6) is 0 Å². The number of anilines is 3. The second-order valence-corrected chi connectivity index (χ2v) is 12.9. The molecule has 0 fully saturated rings. The van der Waals surface area contributed by atoms with E-state index in [0.717, 1.165) is 17.1 Å². The van der Waals surface area contributed by atoms with Crippen LogP contribution >= 0.6 is 11.3 Å². The number of hydrogen-bond acceptors (Lipinski definition) is 2. The highest BCUT2D eigenvalue weighted by atomic mass is 32.1. The van der Waals surface area contributed by atoms with Crippen LogP contribution in [0.2, 0.25) is 0 Å². The van der Waals surface area contributed by atoms with Crippen molar-refractivity contribution in [2.45, 2.75) is 0 Å². The summed E-state index contributed by atoms with van der Waals surface area (Å²) in [6.45, 7) is 0. The van der Waals surface area contributed by atoms with Gasteiger partial charge in [-0.3, -0.25) is 0 Å². The van der Waals surface area contributed by atoms with Gasteiger partial charge in [0.1, 0.15) is 0 Å². The van der Waals surface area contributed by atoms with Crippen LogP contribution in [-0.4, -0.2) is 0 Å². The molecule has 0 N–H and O–H groups in total. The van der Waals surface area contributed by atoms with Crippen LogP contribution in [0.25, 0.3) is 64.0 Å². The minimum Gasteiger partial charge on any atom is -0.310 e. The molecule has 0 amide bonds. The Balaban J connectivity index is 1.22. The minimum atomic E-state index is 1.12. The molecule has 1 nitrogen and oxygen atoms in total. The van der Waals surface area contributed by atoms with E-state index in [0.29, 0.717) is 0 Å². The molecule has 0 unspecified atom stereocenters. The van der Waals surface area contributed by atoms with Crippen LogP contribution in [0.4, 0.5) is 17.1 Å². The summed E-state index contributed by atoms with van der Waals surface area (Å²) in [5.41, 5.74) is 8.25. The van der Waals surface area contributed by atoms with Gasteiger partial charge in [-0.1, -0.05) is 127 Å². The van der Waals surface area contributed by atoms with E-state index in [2.05, 4.69) is 181 Å². The van der Waals surface area contributed by atoms with Gasteiger partial charge in [0, 0.05) is 37.2 Å². The Labute approximate surface area is 272 Å². The zero-order chi connectivity index (χ0) is 30.5. The molecule has 1 aromatic heterocycles. The summed E-state index contributed by atoms with van der Waals surface area (Å²) in [7, 11) is 0. The Morgan fingerprint density at radius 3 is 1.91 bits per heavy atom. The molecule has 0 bridgehead atoms. The normalized spacial score (nSPS) is 11.5. The average Bonchev–Trinajstić information content (AvgIpc) is 3.51. The van der Waals surface area contributed by atoms with E-state index in [1.165, 1.54) is 64.0 Å². The van der Waals surface area contributed by atoms with Gasteiger partial charge in [0.25, 0.3) is 0 Å². The number of fused-ring (bicyclic) bond motifs is 6. The third-order valence-electron chi connectivity index (χ3n) is 9.04. The first-order valence-corrected chi connectivity index (χ1v) is 16.5. The molecule has 8 aromatic carbocycles. The van der Waals surface area contributed by atoms with Gasteiger partial charge in [-0.25, -0.2) is 0 Å². The van der Waals surface area contributed by atoms with Gasteiger partial charge in [-0.15, -0.1) is 11.3 Å². The third kappa shape index (κ3) is 4.54. The van der Waals surface area contributed by atoms with E-state index in [9.17, 15) is 0 Å². The lowest BCUT2D eigenvalue weighted by Crippen LogP contribution is -2.10. The maximum Gasteiger partial charge on any atom is 0.0468 e. The highest BCUT2D eigenvalue weighted by Gasteiger charge is 2.16. The molecule has 0 saturated heterocycles. The van der Waals surface area contributed by atoms with E-state index < -0.39 is 0 Å². The van der Waals surface area contributed by atoms with Crippen LogP contribution in [0.3, 0.4) is 0 Å². The molecule has 0 atom stereocenters. The van der Waals surface area contributed by atoms with Gasteiger partial charge in [-0.2, -0.15) is 0 Å². The first-order valence-electron chi connectivity index (χ1n) is 15.7. The van der Waals surface area contributed by atoms with Crippen molar-refractivity contribution in [2.24, 2.45) is 0 Å². The van der Waals surface area contributed by atoms with E-state index in [1.54, 1.807) is 0 Å². The predicted molar refractivity (Wildman–Crippen MR) is 200 cm³/mol. The molecule has 9 aromatic rings. The van der Waals surface area contributed by atoms with Gasteiger partial charge in [-0.05, 0) is 92.3 Å². The molecule has 216 valence electrons. The molecule has 46 heavy (non-hydrogen) atoms. The Morgan fingerprint density at radius 2 is 1.02 bits per heavy atom. The van der Waals surface area contributed by atoms with Gasteiger partial charge in [0.05, 0.1) is 0 Å². The van der Waals surface area contributed by atoms with E-state index in [4.69, 9.17) is 0 Å². The molecule has 0 aliphatic carbocycles. The average molecular weight is 604 g/mol. The standard InChI is InChI=1S/C44H29NS/c1-2-10-30(11-3-1)31-20-23-35(24-21-31)45(36-15-8-14-33(28-36)39-18-9-13-32-12-4-5-16-38(32)39)37-25-26-40-34(29-37)22-27-43-44(40)41-17-6-7-19-42(41)46-43/h1-29H. The van der Waals surface area contributed by atoms with Crippen molar-refractivity contribution in [1.82, 2.24) is 0 Å². The summed E-state index contributed by atoms with van der Waals surface area (Å²) < 4.78 is 2.66. The highest BCUT2D eigenvalue weighted by Crippen LogP contribution is 2.42. The summed E-state index contributed by atoms with van der Waals surface area (Å²) in [5, 5.41) is 7.73. The number of nitrogens with zero attached hydrogens (tertiary/aromatic N) is 1. The van der Waals surface area contributed by atoms with Crippen molar-refractivity contribution in [3.63, 3.8) is 0 Å². The molecule has 0 aliphatic rings. The maximum atomic E-state index is 2.39. The fourth-order valence-electron chi connectivity index (χ4n) is 6.85. The molecule has 1 heterocycles. The van der Waals surface area contributed by atoms with Crippen molar-refractivity contribution >= 4 is 70.1 Å². The molecular weight excluding hydrogens is 575 g/mol.